The summed E-state index contributed by atoms with van der Waals surface area (Å²) in [5, 5.41) is 0.968. The van der Waals surface area contributed by atoms with E-state index in [1.807, 2.05) is 7.05 Å². The topological polar surface area (TPSA) is 34.9 Å². The van der Waals surface area contributed by atoms with Crippen molar-refractivity contribution in [3.05, 3.63) is 21.7 Å². The average Bonchev–Trinajstić information content (AvgIpc) is 2.26. The molecule has 1 heterocycles. The van der Waals surface area contributed by atoms with Crippen molar-refractivity contribution >= 4 is 11.8 Å². The molecule has 1 aliphatic carbocycles. The van der Waals surface area contributed by atoms with E-state index in [1.165, 1.54) is 24.1 Å². The predicted octanol–water partition coefficient (Wildman–Crippen LogP) is 1.77. The van der Waals surface area contributed by atoms with Crippen molar-refractivity contribution in [3.8, 4) is 0 Å². The van der Waals surface area contributed by atoms with Gasteiger partial charge in [0, 0.05) is 18.3 Å². The van der Waals surface area contributed by atoms with E-state index in [2.05, 4.69) is 11.9 Å². The number of hydrogen-bond acceptors (Lipinski definition) is 3. The van der Waals surface area contributed by atoms with Crippen LogP contribution < -0.4 is 5.69 Å². The van der Waals surface area contributed by atoms with Gasteiger partial charge in [-0.3, -0.25) is 4.57 Å². The van der Waals surface area contributed by atoms with E-state index in [0.717, 1.165) is 23.6 Å². The molecule has 4 heteroatoms. The highest BCUT2D eigenvalue weighted by Crippen LogP contribution is 2.27. The van der Waals surface area contributed by atoms with E-state index < -0.39 is 0 Å². The fraction of sp³-hybridized carbons (Fsp3) is 0.636. The summed E-state index contributed by atoms with van der Waals surface area (Å²) in [6, 6.07) is 0. The van der Waals surface area contributed by atoms with Gasteiger partial charge < -0.3 is 0 Å². The van der Waals surface area contributed by atoms with E-state index in [-0.39, 0.29) is 5.69 Å². The van der Waals surface area contributed by atoms with E-state index in [0.29, 0.717) is 0 Å². The second kappa shape index (κ2) is 4.39. The van der Waals surface area contributed by atoms with Gasteiger partial charge in [0.25, 0.3) is 0 Å². The van der Waals surface area contributed by atoms with Crippen LogP contribution in [-0.4, -0.2) is 15.3 Å². The molecule has 1 aromatic heterocycles. The summed E-state index contributed by atoms with van der Waals surface area (Å²) in [5.41, 5.74) is 2.42. The molecule has 0 saturated heterocycles. The smallest absolute Gasteiger partial charge is 0.299 e. The van der Waals surface area contributed by atoms with Crippen LogP contribution in [0.1, 0.15) is 31.0 Å². The Morgan fingerprint density at radius 3 is 2.87 bits per heavy atom. The first-order valence-corrected chi connectivity index (χ1v) is 6.44. The molecule has 0 radical (unpaired) electrons. The zero-order valence-corrected chi connectivity index (χ0v) is 10.1. The lowest BCUT2D eigenvalue weighted by atomic mass is 9.97. The molecule has 0 bridgehead atoms. The molecule has 2 rings (SSSR count). The molecule has 0 aliphatic heterocycles. The first kappa shape index (κ1) is 10.7. The fourth-order valence-electron chi connectivity index (χ4n) is 2.09. The Morgan fingerprint density at radius 2 is 2.13 bits per heavy atom. The van der Waals surface area contributed by atoms with E-state index in [9.17, 15) is 4.79 Å². The molecule has 0 unspecified atom stereocenters. The second-order valence-electron chi connectivity index (χ2n) is 3.82. The molecule has 0 saturated carbocycles. The molecule has 82 valence electrons. The Kier molecular flexibility index (Phi) is 3.14. The molecule has 1 aliphatic rings. The monoisotopic (exact) mass is 224 g/mol. The number of rotatable bonds is 2. The zero-order valence-electron chi connectivity index (χ0n) is 9.25. The third kappa shape index (κ3) is 1.95. The highest BCUT2D eigenvalue weighted by Gasteiger charge is 2.18. The third-order valence-corrected chi connectivity index (χ3v) is 3.77. The molecular weight excluding hydrogens is 208 g/mol. The van der Waals surface area contributed by atoms with Gasteiger partial charge in [0.1, 0.15) is 5.03 Å². The summed E-state index contributed by atoms with van der Waals surface area (Å²) in [6.45, 7) is 2.10. The normalized spacial score (nSPS) is 15.1. The summed E-state index contributed by atoms with van der Waals surface area (Å²) in [4.78, 5) is 15.8. The Hall–Kier alpha value is -0.770. The molecule has 0 spiro atoms. The van der Waals surface area contributed by atoms with Gasteiger partial charge in [-0.25, -0.2) is 4.79 Å². The molecular formula is C11H16N2OS. The minimum Gasteiger partial charge on any atom is -0.299 e. The van der Waals surface area contributed by atoms with Gasteiger partial charge in [-0.1, -0.05) is 6.92 Å². The largest absolute Gasteiger partial charge is 0.348 e. The summed E-state index contributed by atoms with van der Waals surface area (Å²) in [7, 11) is 1.83. The van der Waals surface area contributed by atoms with Gasteiger partial charge in [0.2, 0.25) is 0 Å². The van der Waals surface area contributed by atoms with Crippen molar-refractivity contribution < 1.29 is 0 Å². The molecule has 0 fully saturated rings. The van der Waals surface area contributed by atoms with Crippen LogP contribution in [0.25, 0.3) is 0 Å². The Balaban J connectivity index is 2.56. The molecule has 0 aromatic carbocycles. The van der Waals surface area contributed by atoms with Gasteiger partial charge in [-0.15, -0.1) is 11.8 Å². The molecule has 0 N–H and O–H groups in total. The summed E-state index contributed by atoms with van der Waals surface area (Å²) in [5.74, 6) is 0.979. The van der Waals surface area contributed by atoms with Crippen LogP contribution in [0.5, 0.6) is 0 Å². The SMILES string of the molecule is CCSc1nc(=O)n(C)c2c1CCCC2. The van der Waals surface area contributed by atoms with Crippen molar-refractivity contribution in [2.75, 3.05) is 5.75 Å². The van der Waals surface area contributed by atoms with Crippen LogP contribution in [0.15, 0.2) is 9.82 Å². The van der Waals surface area contributed by atoms with Crippen molar-refractivity contribution in [2.45, 2.75) is 37.6 Å². The number of nitrogens with zero attached hydrogens (tertiary/aromatic N) is 2. The Morgan fingerprint density at radius 1 is 1.40 bits per heavy atom. The number of aromatic nitrogens is 2. The van der Waals surface area contributed by atoms with Crippen LogP contribution >= 0.6 is 11.8 Å². The van der Waals surface area contributed by atoms with Gasteiger partial charge >= 0.3 is 5.69 Å². The maximum Gasteiger partial charge on any atom is 0.348 e. The Labute approximate surface area is 93.9 Å². The minimum absolute atomic E-state index is 0.105. The summed E-state index contributed by atoms with van der Waals surface area (Å²) in [6.07, 6.45) is 4.53. The van der Waals surface area contributed by atoms with Crippen LogP contribution in [0.3, 0.4) is 0 Å². The third-order valence-electron chi connectivity index (χ3n) is 2.87. The Bertz CT molecular complexity index is 425. The molecule has 1 aromatic rings. The van der Waals surface area contributed by atoms with Crippen molar-refractivity contribution in [1.82, 2.24) is 9.55 Å². The maximum atomic E-state index is 11.6. The lowest BCUT2D eigenvalue weighted by molar-refractivity contribution is 0.591. The quantitative estimate of drug-likeness (QED) is 0.567. The van der Waals surface area contributed by atoms with E-state index >= 15 is 0 Å². The highest BCUT2D eigenvalue weighted by atomic mass is 32.2. The van der Waals surface area contributed by atoms with Crippen LogP contribution in [-0.2, 0) is 19.9 Å². The second-order valence-corrected chi connectivity index (χ2v) is 5.08. The highest BCUT2D eigenvalue weighted by molar-refractivity contribution is 7.99. The van der Waals surface area contributed by atoms with Crippen molar-refractivity contribution in [2.24, 2.45) is 7.05 Å². The lowest BCUT2D eigenvalue weighted by Gasteiger charge is -2.20. The lowest BCUT2D eigenvalue weighted by Crippen LogP contribution is -2.27. The molecule has 0 atom stereocenters. The molecule has 15 heavy (non-hydrogen) atoms. The van der Waals surface area contributed by atoms with Crippen molar-refractivity contribution in [3.63, 3.8) is 0 Å². The first-order valence-electron chi connectivity index (χ1n) is 5.45. The minimum atomic E-state index is -0.105. The summed E-state index contributed by atoms with van der Waals surface area (Å²) < 4.78 is 1.72. The number of thioether (sulfide) groups is 1. The van der Waals surface area contributed by atoms with Gasteiger partial charge in [0.05, 0.1) is 0 Å². The average molecular weight is 224 g/mol. The van der Waals surface area contributed by atoms with Crippen LogP contribution in [0.2, 0.25) is 0 Å². The van der Waals surface area contributed by atoms with Crippen LogP contribution in [0.4, 0.5) is 0 Å². The van der Waals surface area contributed by atoms with Gasteiger partial charge in [-0.2, -0.15) is 4.98 Å². The molecule has 0 amide bonds. The van der Waals surface area contributed by atoms with E-state index in [4.69, 9.17) is 0 Å². The number of hydrogen-bond donors (Lipinski definition) is 0. The summed E-state index contributed by atoms with van der Waals surface area (Å²) >= 11 is 1.69. The maximum absolute atomic E-state index is 11.6. The first-order chi connectivity index (χ1) is 7.24. The fourth-order valence-corrected chi connectivity index (χ4v) is 2.90. The zero-order chi connectivity index (χ0) is 10.8. The van der Waals surface area contributed by atoms with Gasteiger partial charge in [0.15, 0.2) is 0 Å². The van der Waals surface area contributed by atoms with Crippen LogP contribution in [0, 0.1) is 0 Å². The van der Waals surface area contributed by atoms with Gasteiger partial charge in [-0.05, 0) is 31.4 Å². The van der Waals surface area contributed by atoms with Crippen molar-refractivity contribution in [1.29, 1.82) is 0 Å². The van der Waals surface area contributed by atoms with E-state index in [1.54, 1.807) is 16.3 Å². The predicted molar refractivity (Wildman–Crippen MR) is 62.5 cm³/mol. The number of fused-ring (bicyclic) bond motifs is 1. The molecule has 3 nitrogen and oxygen atoms in total. The standard InChI is InChI=1S/C11H16N2OS/c1-3-15-10-8-6-4-5-7-9(8)13(2)11(14)12-10/h3-7H2,1-2H3.